The molecule has 0 radical (unpaired) electrons. The number of benzene rings is 1. The Hall–Kier alpha value is -2.41. The van der Waals surface area contributed by atoms with Crippen LogP contribution in [0.5, 0.6) is 5.75 Å². The van der Waals surface area contributed by atoms with Crippen LogP contribution in [0.2, 0.25) is 0 Å². The van der Waals surface area contributed by atoms with Crippen molar-refractivity contribution in [3.63, 3.8) is 0 Å². The molecule has 2 aromatic rings. The minimum absolute atomic E-state index is 0.393. The summed E-state index contributed by atoms with van der Waals surface area (Å²) in [5.74, 6) is 0.390. The molecule has 1 aromatic carbocycles. The zero-order valence-electron chi connectivity index (χ0n) is 13.3. The fourth-order valence-corrected chi connectivity index (χ4v) is 2.65. The Labute approximate surface area is 139 Å². The minimum Gasteiger partial charge on any atom is -0.493 e. The summed E-state index contributed by atoms with van der Waals surface area (Å²) in [6, 6.07) is 7.66. The van der Waals surface area contributed by atoms with E-state index in [-0.39, 0.29) is 0 Å². The van der Waals surface area contributed by atoms with Gasteiger partial charge in [0.05, 0.1) is 25.6 Å². The first-order valence-electron chi connectivity index (χ1n) is 7.22. The second-order valence-electron chi connectivity index (χ2n) is 4.68. The lowest BCUT2D eigenvalue weighted by Crippen LogP contribution is -1.99. The maximum atomic E-state index is 11.6. The van der Waals surface area contributed by atoms with Gasteiger partial charge in [-0.25, -0.2) is 9.78 Å². The van der Waals surface area contributed by atoms with Gasteiger partial charge in [-0.05, 0) is 25.5 Å². The third-order valence-electron chi connectivity index (χ3n) is 2.91. The van der Waals surface area contributed by atoms with Crippen LogP contribution in [0.1, 0.15) is 34.3 Å². The average Bonchev–Trinajstić information content (AvgIpc) is 2.94. The Bertz CT molecular complexity index is 698. The number of para-hydroxylation sites is 1. The topological polar surface area (TPSA) is 72.8 Å². The highest BCUT2D eigenvalue weighted by atomic mass is 32.1. The van der Waals surface area contributed by atoms with E-state index in [4.69, 9.17) is 9.47 Å². The number of carbonyl (C=O) groups is 1. The molecule has 0 aliphatic rings. The molecule has 0 aliphatic heterocycles. The van der Waals surface area contributed by atoms with Crippen molar-refractivity contribution in [2.24, 2.45) is 5.10 Å². The van der Waals surface area contributed by atoms with Crippen LogP contribution >= 0.6 is 11.3 Å². The lowest BCUT2D eigenvalue weighted by Gasteiger charge is -2.07. The van der Waals surface area contributed by atoms with E-state index in [2.05, 4.69) is 22.4 Å². The molecule has 0 fully saturated rings. The van der Waals surface area contributed by atoms with Gasteiger partial charge in [0.25, 0.3) is 0 Å². The number of aromatic nitrogens is 1. The fourth-order valence-electron chi connectivity index (χ4n) is 1.81. The SMILES string of the molecule is CCCOc1ccccc1/C=N/Nc1nc(C)c(C(=O)OC)s1. The smallest absolute Gasteiger partial charge is 0.350 e. The lowest BCUT2D eigenvalue weighted by molar-refractivity contribution is 0.0605. The maximum absolute atomic E-state index is 11.6. The Morgan fingerprint density at radius 1 is 1.43 bits per heavy atom. The van der Waals surface area contributed by atoms with Crippen molar-refractivity contribution in [1.82, 2.24) is 4.98 Å². The van der Waals surface area contributed by atoms with Crippen LogP contribution < -0.4 is 10.2 Å². The average molecular weight is 333 g/mol. The number of thiazole rings is 1. The lowest BCUT2D eigenvalue weighted by atomic mass is 10.2. The monoisotopic (exact) mass is 333 g/mol. The number of carbonyl (C=O) groups excluding carboxylic acids is 1. The first-order valence-corrected chi connectivity index (χ1v) is 8.04. The number of hydrogen-bond donors (Lipinski definition) is 1. The number of esters is 1. The minimum atomic E-state index is -0.393. The molecule has 1 heterocycles. The van der Waals surface area contributed by atoms with Crippen LogP contribution in [0.15, 0.2) is 29.4 Å². The Morgan fingerprint density at radius 2 is 2.22 bits per heavy atom. The van der Waals surface area contributed by atoms with Gasteiger partial charge in [-0.3, -0.25) is 5.43 Å². The number of hydrazone groups is 1. The number of rotatable bonds is 7. The number of methoxy groups -OCH3 is 1. The quantitative estimate of drug-likeness (QED) is 0.477. The number of aryl methyl sites for hydroxylation is 1. The molecule has 0 amide bonds. The van der Waals surface area contributed by atoms with Crippen molar-refractivity contribution in [3.8, 4) is 5.75 Å². The van der Waals surface area contributed by atoms with E-state index in [0.717, 1.165) is 17.7 Å². The Morgan fingerprint density at radius 3 is 2.96 bits per heavy atom. The van der Waals surface area contributed by atoms with Crippen molar-refractivity contribution in [2.45, 2.75) is 20.3 Å². The summed E-state index contributed by atoms with van der Waals surface area (Å²) < 4.78 is 10.4. The molecule has 1 N–H and O–H groups in total. The van der Waals surface area contributed by atoms with Gasteiger partial charge in [-0.1, -0.05) is 30.4 Å². The first-order chi connectivity index (χ1) is 11.2. The molecule has 0 bridgehead atoms. The molecule has 0 atom stereocenters. The van der Waals surface area contributed by atoms with Crippen molar-refractivity contribution < 1.29 is 14.3 Å². The predicted molar refractivity (Wildman–Crippen MR) is 91.6 cm³/mol. The largest absolute Gasteiger partial charge is 0.493 e. The maximum Gasteiger partial charge on any atom is 0.350 e. The second kappa shape index (κ2) is 8.28. The zero-order valence-corrected chi connectivity index (χ0v) is 14.1. The molecule has 0 aliphatic carbocycles. The number of ether oxygens (including phenoxy) is 2. The Kier molecular flexibility index (Phi) is 6.10. The van der Waals surface area contributed by atoms with Gasteiger partial charge in [0.2, 0.25) is 5.13 Å². The number of nitrogens with one attached hydrogen (secondary N) is 1. The van der Waals surface area contributed by atoms with Gasteiger partial charge in [0.1, 0.15) is 10.6 Å². The molecule has 2 rings (SSSR count). The van der Waals surface area contributed by atoms with E-state index in [1.165, 1.54) is 18.4 Å². The van der Waals surface area contributed by atoms with Gasteiger partial charge >= 0.3 is 5.97 Å². The van der Waals surface area contributed by atoms with Crippen LogP contribution in [-0.2, 0) is 4.74 Å². The predicted octanol–water partition coefficient (Wildman–Crippen LogP) is 3.47. The number of nitrogens with zero attached hydrogens (tertiary/aromatic N) is 2. The van der Waals surface area contributed by atoms with Crippen molar-refractivity contribution >= 4 is 28.7 Å². The molecule has 7 heteroatoms. The van der Waals surface area contributed by atoms with E-state index < -0.39 is 5.97 Å². The van der Waals surface area contributed by atoms with Gasteiger partial charge in [0, 0.05) is 5.56 Å². The zero-order chi connectivity index (χ0) is 16.7. The highest BCUT2D eigenvalue weighted by Gasteiger charge is 2.15. The van der Waals surface area contributed by atoms with Crippen LogP contribution in [0, 0.1) is 6.92 Å². The van der Waals surface area contributed by atoms with Gasteiger partial charge in [-0.15, -0.1) is 0 Å². The summed E-state index contributed by atoms with van der Waals surface area (Å²) in [6.07, 6.45) is 2.61. The van der Waals surface area contributed by atoms with Gasteiger partial charge in [-0.2, -0.15) is 5.10 Å². The summed E-state index contributed by atoms with van der Waals surface area (Å²) in [6.45, 7) is 4.47. The summed E-state index contributed by atoms with van der Waals surface area (Å²) in [5, 5.41) is 4.69. The standard InChI is InChI=1S/C16H19N3O3S/c1-4-9-22-13-8-6-5-7-12(13)10-17-19-16-18-11(2)14(23-16)15(20)21-3/h5-8,10H,4,9H2,1-3H3,(H,18,19)/b17-10+. The van der Waals surface area contributed by atoms with Crippen LogP contribution in [-0.4, -0.2) is 30.9 Å². The fraction of sp³-hybridized carbons (Fsp3) is 0.312. The highest BCUT2D eigenvalue weighted by molar-refractivity contribution is 7.17. The summed E-state index contributed by atoms with van der Waals surface area (Å²) >= 11 is 1.20. The third kappa shape index (κ3) is 4.53. The second-order valence-corrected chi connectivity index (χ2v) is 5.68. The molecule has 0 saturated carbocycles. The van der Waals surface area contributed by atoms with Crippen LogP contribution in [0.4, 0.5) is 5.13 Å². The normalized spacial score (nSPS) is 10.7. The molecular weight excluding hydrogens is 314 g/mol. The van der Waals surface area contributed by atoms with Crippen molar-refractivity contribution in [3.05, 3.63) is 40.4 Å². The van der Waals surface area contributed by atoms with E-state index in [9.17, 15) is 4.79 Å². The Balaban J connectivity index is 2.06. The van der Waals surface area contributed by atoms with Crippen LogP contribution in [0.3, 0.4) is 0 Å². The first kappa shape index (κ1) is 17.0. The molecule has 0 unspecified atom stereocenters. The van der Waals surface area contributed by atoms with E-state index in [1.807, 2.05) is 24.3 Å². The molecule has 1 aromatic heterocycles. The molecule has 23 heavy (non-hydrogen) atoms. The molecular formula is C16H19N3O3S. The van der Waals surface area contributed by atoms with E-state index in [0.29, 0.717) is 22.3 Å². The van der Waals surface area contributed by atoms with E-state index >= 15 is 0 Å². The van der Waals surface area contributed by atoms with Gasteiger partial charge < -0.3 is 9.47 Å². The van der Waals surface area contributed by atoms with E-state index in [1.54, 1.807) is 13.1 Å². The number of hydrogen-bond acceptors (Lipinski definition) is 7. The highest BCUT2D eigenvalue weighted by Crippen LogP contribution is 2.23. The molecule has 0 saturated heterocycles. The van der Waals surface area contributed by atoms with Crippen LogP contribution in [0.25, 0.3) is 0 Å². The summed E-state index contributed by atoms with van der Waals surface area (Å²) in [4.78, 5) is 16.3. The summed E-state index contributed by atoms with van der Waals surface area (Å²) in [7, 11) is 1.35. The summed E-state index contributed by atoms with van der Waals surface area (Å²) in [5.41, 5.74) is 4.32. The molecule has 0 spiro atoms. The van der Waals surface area contributed by atoms with Gasteiger partial charge in [0.15, 0.2) is 0 Å². The number of anilines is 1. The third-order valence-corrected chi connectivity index (χ3v) is 3.95. The van der Waals surface area contributed by atoms with Crippen molar-refractivity contribution in [1.29, 1.82) is 0 Å². The van der Waals surface area contributed by atoms with Crippen molar-refractivity contribution in [2.75, 3.05) is 19.1 Å². The molecule has 122 valence electrons. The molecule has 6 nitrogen and oxygen atoms in total.